The van der Waals surface area contributed by atoms with Crippen molar-refractivity contribution >= 4 is 0 Å². The molecule has 2 fully saturated rings. The Labute approximate surface area is 131 Å². The molecule has 1 nitrogen and oxygen atoms in total. The SMILES string of the molecule is C=C1C[C@H]2C[CH-]C[C@H]2C1CO.[Y].[Y]. The molecule has 0 aromatic heterocycles. The smallest absolute Gasteiger partial charge is 0.0498 e. The van der Waals surface area contributed by atoms with Crippen LogP contribution in [-0.4, -0.2) is 11.7 Å². The first-order chi connectivity index (χ1) is 5.33. The van der Waals surface area contributed by atoms with E-state index in [9.17, 15) is 0 Å². The van der Waals surface area contributed by atoms with E-state index < -0.39 is 0 Å². The molecule has 2 saturated carbocycles. The average Bonchev–Trinajstić information content (AvgIpc) is 2.46. The molecule has 68 valence electrons. The van der Waals surface area contributed by atoms with Gasteiger partial charge < -0.3 is 11.5 Å². The molecule has 0 amide bonds. The van der Waals surface area contributed by atoms with Crippen LogP contribution in [0.4, 0.5) is 0 Å². The van der Waals surface area contributed by atoms with Gasteiger partial charge >= 0.3 is 0 Å². The molecule has 13 heavy (non-hydrogen) atoms. The van der Waals surface area contributed by atoms with Gasteiger partial charge in [0.15, 0.2) is 0 Å². The molecule has 2 aliphatic carbocycles. The Morgan fingerprint density at radius 2 is 2.08 bits per heavy atom. The maximum Gasteiger partial charge on any atom is 0.0498 e. The Morgan fingerprint density at radius 3 is 2.69 bits per heavy atom. The van der Waals surface area contributed by atoms with E-state index in [4.69, 9.17) is 5.11 Å². The minimum atomic E-state index is 0. The van der Waals surface area contributed by atoms with Crippen molar-refractivity contribution in [3.05, 3.63) is 18.6 Å². The third-order valence-electron chi connectivity index (χ3n) is 3.28. The number of hydrogen-bond acceptors (Lipinski definition) is 1. The molecule has 0 aromatic carbocycles. The molecule has 2 rings (SSSR count). The van der Waals surface area contributed by atoms with Gasteiger partial charge in [0, 0.05) is 77.9 Å². The minimum absolute atomic E-state index is 0. The number of hydrogen-bond donors (Lipinski definition) is 1. The Hall–Kier alpha value is 1.91. The summed E-state index contributed by atoms with van der Waals surface area (Å²) in [5.74, 6) is 1.96. The van der Waals surface area contributed by atoms with Gasteiger partial charge in [0.1, 0.15) is 0 Å². The third-order valence-corrected chi connectivity index (χ3v) is 3.28. The Balaban J connectivity index is 0.000000720. The van der Waals surface area contributed by atoms with E-state index in [2.05, 4.69) is 13.0 Å². The van der Waals surface area contributed by atoms with Crippen LogP contribution >= 0.6 is 0 Å². The van der Waals surface area contributed by atoms with Gasteiger partial charge in [-0.25, -0.2) is 0 Å². The maximum absolute atomic E-state index is 9.11. The first-order valence-corrected chi connectivity index (χ1v) is 4.43. The van der Waals surface area contributed by atoms with E-state index in [0.29, 0.717) is 12.5 Å². The number of aliphatic hydroxyl groups excluding tert-OH is 1. The standard InChI is InChI=1S/C10H15O.2Y/c1-7-5-8-3-2-4-9(8)10(7)6-11;;/h2,8-11H,1,3-6H2;;/q-1;;/t8-,9-,10?;;/m1../s1. The van der Waals surface area contributed by atoms with Gasteiger partial charge in [0.05, 0.1) is 0 Å². The summed E-state index contributed by atoms with van der Waals surface area (Å²) < 4.78 is 0. The third kappa shape index (κ3) is 2.94. The first kappa shape index (κ1) is 14.9. The predicted molar refractivity (Wildman–Crippen MR) is 44.8 cm³/mol. The molecule has 0 heterocycles. The molecule has 3 heteroatoms. The van der Waals surface area contributed by atoms with Gasteiger partial charge in [-0.2, -0.15) is 12.8 Å². The van der Waals surface area contributed by atoms with E-state index in [1.54, 1.807) is 0 Å². The zero-order chi connectivity index (χ0) is 7.84. The van der Waals surface area contributed by atoms with Crippen LogP contribution in [0, 0.1) is 24.2 Å². The molecular formula is C10H15OY2-. The van der Waals surface area contributed by atoms with E-state index >= 15 is 0 Å². The molecule has 0 aliphatic heterocycles. The van der Waals surface area contributed by atoms with Crippen LogP contribution in [0.1, 0.15) is 19.3 Å². The van der Waals surface area contributed by atoms with Crippen LogP contribution in [0.15, 0.2) is 12.2 Å². The van der Waals surface area contributed by atoms with Gasteiger partial charge in [-0.1, -0.05) is 24.0 Å². The van der Waals surface area contributed by atoms with Crippen LogP contribution < -0.4 is 0 Å². The summed E-state index contributed by atoms with van der Waals surface area (Å²) in [6.07, 6.45) is 5.98. The zero-order valence-corrected chi connectivity index (χ0v) is 13.6. The van der Waals surface area contributed by atoms with E-state index in [0.717, 1.165) is 18.3 Å². The number of rotatable bonds is 1. The summed E-state index contributed by atoms with van der Waals surface area (Å²) in [5, 5.41) is 9.11. The quantitative estimate of drug-likeness (QED) is 0.574. The van der Waals surface area contributed by atoms with E-state index in [1.165, 1.54) is 18.4 Å². The van der Waals surface area contributed by atoms with Crippen molar-refractivity contribution in [3.8, 4) is 0 Å². The fourth-order valence-corrected chi connectivity index (χ4v) is 2.65. The second-order valence-electron chi connectivity index (χ2n) is 3.84. The fourth-order valence-electron chi connectivity index (χ4n) is 2.65. The topological polar surface area (TPSA) is 20.2 Å². The molecule has 1 N–H and O–H groups in total. The summed E-state index contributed by atoms with van der Waals surface area (Å²) in [7, 11) is 0. The maximum atomic E-state index is 9.11. The van der Waals surface area contributed by atoms with Gasteiger partial charge in [-0.05, 0) is 6.42 Å². The van der Waals surface area contributed by atoms with E-state index in [-0.39, 0.29) is 65.4 Å². The van der Waals surface area contributed by atoms with Crippen LogP contribution in [0.2, 0.25) is 0 Å². The average molecular weight is 329 g/mol. The van der Waals surface area contributed by atoms with Crippen LogP contribution in [0.5, 0.6) is 0 Å². The van der Waals surface area contributed by atoms with Crippen LogP contribution in [0.25, 0.3) is 0 Å². The summed E-state index contributed by atoms with van der Waals surface area (Å²) in [6, 6.07) is 0. The molecule has 0 aromatic rings. The molecule has 3 atom stereocenters. The summed E-state index contributed by atoms with van der Waals surface area (Å²) in [6.45, 7) is 4.33. The number of aliphatic hydroxyl groups is 1. The fraction of sp³-hybridized carbons (Fsp3) is 0.700. The van der Waals surface area contributed by atoms with Crippen molar-refractivity contribution in [3.63, 3.8) is 0 Å². The van der Waals surface area contributed by atoms with Crippen molar-refractivity contribution in [1.82, 2.24) is 0 Å². The van der Waals surface area contributed by atoms with E-state index in [1.807, 2.05) is 0 Å². The normalized spacial score (nSPS) is 36.4. The Morgan fingerprint density at radius 1 is 1.38 bits per heavy atom. The Bertz CT molecular complexity index is 182. The van der Waals surface area contributed by atoms with Crippen molar-refractivity contribution < 1.29 is 70.5 Å². The first-order valence-electron chi connectivity index (χ1n) is 4.43. The molecular weight excluding hydrogens is 314 g/mol. The van der Waals surface area contributed by atoms with Crippen molar-refractivity contribution in [2.45, 2.75) is 19.3 Å². The van der Waals surface area contributed by atoms with Crippen molar-refractivity contribution in [2.24, 2.45) is 17.8 Å². The minimum Gasteiger partial charge on any atom is -0.396 e. The van der Waals surface area contributed by atoms with Gasteiger partial charge in [-0.3, -0.25) is 0 Å². The zero-order valence-electron chi connectivity index (χ0n) is 7.95. The second kappa shape index (κ2) is 6.48. The summed E-state index contributed by atoms with van der Waals surface area (Å²) in [5.41, 5.74) is 1.29. The van der Waals surface area contributed by atoms with Gasteiger partial charge in [0.25, 0.3) is 0 Å². The number of fused-ring (bicyclic) bond motifs is 1. The summed E-state index contributed by atoms with van der Waals surface area (Å²) >= 11 is 0. The van der Waals surface area contributed by atoms with Crippen LogP contribution in [-0.2, 0) is 65.4 Å². The summed E-state index contributed by atoms with van der Waals surface area (Å²) in [4.78, 5) is 0. The molecule has 0 spiro atoms. The largest absolute Gasteiger partial charge is 0.396 e. The second-order valence-corrected chi connectivity index (χ2v) is 3.84. The molecule has 2 aliphatic rings. The Kier molecular flexibility index (Phi) is 7.43. The molecule has 0 saturated heterocycles. The molecule has 1 unspecified atom stereocenters. The van der Waals surface area contributed by atoms with Crippen LogP contribution in [0.3, 0.4) is 0 Å². The van der Waals surface area contributed by atoms with Gasteiger partial charge in [0.2, 0.25) is 0 Å². The molecule has 2 radical (unpaired) electrons. The van der Waals surface area contributed by atoms with Gasteiger partial charge in [-0.15, -0.1) is 0 Å². The monoisotopic (exact) mass is 329 g/mol. The van der Waals surface area contributed by atoms with Crippen molar-refractivity contribution in [1.29, 1.82) is 0 Å². The predicted octanol–water partition coefficient (Wildman–Crippen LogP) is 1.78. The van der Waals surface area contributed by atoms with Crippen molar-refractivity contribution in [2.75, 3.05) is 6.61 Å². The molecule has 0 bridgehead atoms.